The minimum absolute atomic E-state index is 0.0768. The molecular formula is C13H17ClN2O. The zero-order chi connectivity index (χ0) is 12.3. The highest BCUT2D eigenvalue weighted by atomic mass is 35.5. The summed E-state index contributed by atoms with van der Waals surface area (Å²) in [6.45, 7) is 1.21. The van der Waals surface area contributed by atoms with Gasteiger partial charge in [0.1, 0.15) is 0 Å². The Hall–Kier alpha value is -1.06. The Bertz CT molecular complexity index is 422. The molecule has 1 amide bonds. The predicted octanol–water partition coefficient (Wildman–Crippen LogP) is 1.84. The molecule has 0 bridgehead atoms. The fraction of sp³-hybridized carbons (Fsp3) is 0.462. The quantitative estimate of drug-likeness (QED) is 0.844. The summed E-state index contributed by atoms with van der Waals surface area (Å²) in [5, 5.41) is 3.58. The van der Waals surface area contributed by atoms with Gasteiger partial charge in [0.15, 0.2) is 0 Å². The molecule has 0 aliphatic carbocycles. The van der Waals surface area contributed by atoms with E-state index in [2.05, 4.69) is 5.32 Å². The third-order valence-electron chi connectivity index (χ3n) is 3.48. The van der Waals surface area contributed by atoms with E-state index in [9.17, 15) is 4.79 Å². The molecule has 0 spiro atoms. The van der Waals surface area contributed by atoms with Crippen molar-refractivity contribution >= 4 is 17.5 Å². The topological polar surface area (TPSA) is 55.1 Å². The van der Waals surface area contributed by atoms with E-state index >= 15 is 0 Å². The number of rotatable bonds is 2. The van der Waals surface area contributed by atoms with Gasteiger partial charge in [0.05, 0.1) is 0 Å². The average molecular weight is 253 g/mol. The first-order chi connectivity index (χ1) is 8.16. The third-order valence-corrected chi connectivity index (χ3v) is 3.72. The summed E-state index contributed by atoms with van der Waals surface area (Å²) in [5.41, 5.74) is 6.74. The number of carbonyl (C=O) groups is 1. The summed E-state index contributed by atoms with van der Waals surface area (Å²) in [4.78, 5) is 11.7. The highest BCUT2D eigenvalue weighted by molar-refractivity contribution is 6.30. The van der Waals surface area contributed by atoms with Crippen LogP contribution in [0.2, 0.25) is 5.02 Å². The maximum atomic E-state index is 11.7. The summed E-state index contributed by atoms with van der Waals surface area (Å²) < 4.78 is 0. The molecule has 0 aromatic heterocycles. The zero-order valence-electron chi connectivity index (χ0n) is 9.71. The van der Waals surface area contributed by atoms with Crippen LogP contribution >= 0.6 is 11.6 Å². The molecule has 3 nitrogen and oxygen atoms in total. The molecule has 1 atom stereocenters. The van der Waals surface area contributed by atoms with E-state index in [-0.39, 0.29) is 11.3 Å². The SMILES string of the molecule is NCC1(c2cccc(Cl)c2)CCCNC(=O)C1. The van der Waals surface area contributed by atoms with Gasteiger partial charge in [-0.1, -0.05) is 23.7 Å². The van der Waals surface area contributed by atoms with Crippen LogP contribution < -0.4 is 11.1 Å². The van der Waals surface area contributed by atoms with Crippen molar-refractivity contribution < 1.29 is 4.79 Å². The van der Waals surface area contributed by atoms with Crippen LogP contribution in [0.3, 0.4) is 0 Å². The first-order valence-corrected chi connectivity index (χ1v) is 6.27. The summed E-state index contributed by atoms with van der Waals surface area (Å²) in [7, 11) is 0. The van der Waals surface area contributed by atoms with Crippen LogP contribution in [0.1, 0.15) is 24.8 Å². The molecule has 1 saturated heterocycles. The van der Waals surface area contributed by atoms with Crippen LogP contribution in [0.25, 0.3) is 0 Å². The minimum Gasteiger partial charge on any atom is -0.356 e. The van der Waals surface area contributed by atoms with Gasteiger partial charge in [-0.3, -0.25) is 4.79 Å². The Morgan fingerprint density at radius 1 is 1.47 bits per heavy atom. The fourth-order valence-corrected chi connectivity index (χ4v) is 2.66. The van der Waals surface area contributed by atoms with Crippen molar-refractivity contribution in [3.63, 3.8) is 0 Å². The maximum absolute atomic E-state index is 11.7. The van der Waals surface area contributed by atoms with Crippen molar-refractivity contribution in [1.29, 1.82) is 0 Å². The second-order valence-corrected chi connectivity index (χ2v) is 5.06. The van der Waals surface area contributed by atoms with E-state index in [0.717, 1.165) is 24.9 Å². The average Bonchev–Trinajstić information content (AvgIpc) is 2.52. The van der Waals surface area contributed by atoms with Crippen molar-refractivity contribution in [2.45, 2.75) is 24.7 Å². The number of hydrogen-bond donors (Lipinski definition) is 2. The van der Waals surface area contributed by atoms with Gasteiger partial charge in [-0.2, -0.15) is 0 Å². The zero-order valence-corrected chi connectivity index (χ0v) is 10.5. The molecule has 1 aromatic rings. The molecule has 1 heterocycles. The summed E-state index contributed by atoms with van der Waals surface area (Å²) in [6.07, 6.45) is 2.32. The van der Waals surface area contributed by atoms with Crippen LogP contribution in [-0.4, -0.2) is 19.0 Å². The number of hydrogen-bond acceptors (Lipinski definition) is 2. The number of nitrogens with two attached hydrogens (primary N) is 1. The molecule has 3 N–H and O–H groups in total. The molecule has 1 aliphatic rings. The molecule has 1 aliphatic heterocycles. The minimum atomic E-state index is -0.258. The lowest BCUT2D eigenvalue weighted by Gasteiger charge is -2.31. The van der Waals surface area contributed by atoms with Gasteiger partial charge in [-0.15, -0.1) is 0 Å². The number of halogens is 1. The lowest BCUT2D eigenvalue weighted by atomic mass is 9.74. The first-order valence-electron chi connectivity index (χ1n) is 5.89. The Morgan fingerprint density at radius 2 is 2.29 bits per heavy atom. The largest absolute Gasteiger partial charge is 0.356 e. The van der Waals surface area contributed by atoms with Gasteiger partial charge in [-0.05, 0) is 30.5 Å². The molecule has 0 radical (unpaired) electrons. The van der Waals surface area contributed by atoms with Crippen LogP contribution in [0.4, 0.5) is 0 Å². The van der Waals surface area contributed by atoms with Crippen molar-refractivity contribution in [3.05, 3.63) is 34.9 Å². The van der Waals surface area contributed by atoms with Crippen LogP contribution in [0.15, 0.2) is 24.3 Å². The van der Waals surface area contributed by atoms with E-state index in [1.807, 2.05) is 24.3 Å². The Kier molecular flexibility index (Phi) is 3.69. The van der Waals surface area contributed by atoms with Gasteiger partial charge < -0.3 is 11.1 Å². The molecule has 4 heteroatoms. The van der Waals surface area contributed by atoms with E-state index in [1.54, 1.807) is 0 Å². The van der Waals surface area contributed by atoms with Crippen molar-refractivity contribution in [1.82, 2.24) is 5.32 Å². The highest BCUT2D eigenvalue weighted by Gasteiger charge is 2.34. The number of benzene rings is 1. The predicted molar refractivity (Wildman–Crippen MR) is 69.0 cm³/mol. The van der Waals surface area contributed by atoms with Crippen LogP contribution in [0, 0.1) is 0 Å². The Balaban J connectivity index is 2.38. The van der Waals surface area contributed by atoms with E-state index < -0.39 is 0 Å². The van der Waals surface area contributed by atoms with Crippen LogP contribution in [0.5, 0.6) is 0 Å². The maximum Gasteiger partial charge on any atom is 0.220 e. The van der Waals surface area contributed by atoms with Gasteiger partial charge >= 0.3 is 0 Å². The van der Waals surface area contributed by atoms with Crippen molar-refractivity contribution in [2.75, 3.05) is 13.1 Å². The van der Waals surface area contributed by atoms with Gasteiger partial charge in [-0.25, -0.2) is 0 Å². The molecule has 92 valence electrons. The molecule has 1 aromatic carbocycles. The fourth-order valence-electron chi connectivity index (χ4n) is 2.47. The first kappa shape index (κ1) is 12.4. The van der Waals surface area contributed by atoms with E-state index in [0.29, 0.717) is 18.0 Å². The van der Waals surface area contributed by atoms with Crippen LogP contribution in [-0.2, 0) is 10.2 Å². The monoisotopic (exact) mass is 252 g/mol. The van der Waals surface area contributed by atoms with E-state index in [4.69, 9.17) is 17.3 Å². The van der Waals surface area contributed by atoms with Crippen molar-refractivity contribution in [2.24, 2.45) is 5.73 Å². The number of nitrogens with one attached hydrogen (secondary N) is 1. The second kappa shape index (κ2) is 5.07. The number of amides is 1. The van der Waals surface area contributed by atoms with Gasteiger partial charge in [0.25, 0.3) is 0 Å². The highest BCUT2D eigenvalue weighted by Crippen LogP contribution is 2.34. The Labute approximate surface area is 106 Å². The van der Waals surface area contributed by atoms with Gasteiger partial charge in [0, 0.05) is 29.9 Å². The summed E-state index contributed by atoms with van der Waals surface area (Å²) in [6, 6.07) is 7.69. The molecule has 0 saturated carbocycles. The second-order valence-electron chi connectivity index (χ2n) is 4.63. The van der Waals surface area contributed by atoms with Crippen molar-refractivity contribution in [3.8, 4) is 0 Å². The van der Waals surface area contributed by atoms with Gasteiger partial charge in [0.2, 0.25) is 5.91 Å². The number of carbonyl (C=O) groups excluding carboxylic acids is 1. The molecular weight excluding hydrogens is 236 g/mol. The molecule has 17 heavy (non-hydrogen) atoms. The standard InChI is InChI=1S/C13H17ClN2O/c14-11-4-1-3-10(7-11)13(9-15)5-2-6-16-12(17)8-13/h1,3-4,7H,2,5-6,8-9,15H2,(H,16,17). The summed E-state index contributed by atoms with van der Waals surface area (Å²) in [5.74, 6) is 0.0768. The lowest BCUT2D eigenvalue weighted by Crippen LogP contribution is -2.38. The normalized spacial score (nSPS) is 25.2. The molecule has 2 rings (SSSR count). The van der Waals surface area contributed by atoms with E-state index in [1.165, 1.54) is 0 Å². The lowest BCUT2D eigenvalue weighted by molar-refractivity contribution is -0.121. The molecule has 1 fully saturated rings. The third kappa shape index (κ3) is 2.61. The smallest absolute Gasteiger partial charge is 0.220 e. The molecule has 1 unspecified atom stereocenters. The Morgan fingerprint density at radius 3 is 3.00 bits per heavy atom. The summed E-state index contributed by atoms with van der Waals surface area (Å²) >= 11 is 6.02.